The largest absolute Gasteiger partial charge is 0.398 e. The van der Waals surface area contributed by atoms with Gasteiger partial charge in [0.25, 0.3) is 10.0 Å². The highest BCUT2D eigenvalue weighted by Gasteiger charge is 2.27. The minimum Gasteiger partial charge on any atom is -0.279 e. The van der Waals surface area contributed by atoms with E-state index in [2.05, 4.69) is 4.72 Å². The number of sulfonamides is 1. The molecule has 3 nitrogen and oxygen atoms in total. The molecule has 0 radical (unpaired) electrons. The molecule has 2 aromatic rings. The predicted octanol–water partition coefficient (Wildman–Crippen LogP) is 4.75. The molecule has 0 bridgehead atoms. The van der Waals surface area contributed by atoms with Gasteiger partial charge in [0.05, 0.1) is 16.8 Å². The fourth-order valence-electron chi connectivity index (χ4n) is 1.76. The SMILES string of the molecule is O=S(=O)(/C=C/c1ccccc1)Nc1ccccc1SCC(F)(F)F. The fraction of sp³-hybridized carbons (Fsp3) is 0.125. The molecule has 2 rings (SSSR count). The van der Waals surface area contributed by atoms with Crippen molar-refractivity contribution in [2.75, 3.05) is 10.5 Å². The maximum atomic E-state index is 12.3. The molecule has 0 heterocycles. The van der Waals surface area contributed by atoms with Crippen LogP contribution in [0.25, 0.3) is 6.08 Å². The molecule has 24 heavy (non-hydrogen) atoms. The van der Waals surface area contributed by atoms with Gasteiger partial charge in [-0.1, -0.05) is 42.5 Å². The van der Waals surface area contributed by atoms with E-state index >= 15 is 0 Å². The standard InChI is InChI=1S/C16H14F3NO2S2/c17-16(18,19)12-23-15-9-5-4-8-14(15)20-24(21,22)11-10-13-6-2-1-3-7-13/h1-11,20H,12H2/b11-10+. The smallest absolute Gasteiger partial charge is 0.279 e. The van der Waals surface area contributed by atoms with Crippen molar-refractivity contribution < 1.29 is 21.6 Å². The zero-order valence-corrected chi connectivity index (χ0v) is 14.0. The maximum Gasteiger partial charge on any atom is 0.398 e. The first-order chi connectivity index (χ1) is 11.3. The molecule has 8 heteroatoms. The van der Waals surface area contributed by atoms with E-state index in [9.17, 15) is 21.6 Å². The molecule has 0 spiro atoms. The zero-order valence-electron chi connectivity index (χ0n) is 12.3. The normalized spacial score (nSPS) is 12.5. The molecule has 0 aliphatic carbocycles. The van der Waals surface area contributed by atoms with Gasteiger partial charge in [0.2, 0.25) is 0 Å². The molecule has 0 fully saturated rings. The van der Waals surface area contributed by atoms with Gasteiger partial charge in [-0.2, -0.15) is 13.2 Å². The summed E-state index contributed by atoms with van der Waals surface area (Å²) in [4.78, 5) is 0.214. The Bertz CT molecular complexity index is 804. The summed E-state index contributed by atoms with van der Waals surface area (Å²) in [6.45, 7) is 0. The average molecular weight is 373 g/mol. The van der Waals surface area contributed by atoms with Crippen molar-refractivity contribution >= 4 is 33.5 Å². The topological polar surface area (TPSA) is 46.2 Å². The lowest BCUT2D eigenvalue weighted by molar-refractivity contribution is -0.105. The number of nitrogens with one attached hydrogen (secondary N) is 1. The van der Waals surface area contributed by atoms with Gasteiger partial charge in [-0.15, -0.1) is 11.8 Å². The van der Waals surface area contributed by atoms with E-state index in [1.807, 2.05) is 0 Å². The third kappa shape index (κ3) is 6.29. The molecule has 0 aromatic heterocycles. The third-order valence-corrected chi connectivity index (χ3v) is 4.91. The first kappa shape index (κ1) is 18.4. The first-order valence-electron chi connectivity index (χ1n) is 6.80. The van der Waals surface area contributed by atoms with Crippen molar-refractivity contribution in [1.29, 1.82) is 0 Å². The van der Waals surface area contributed by atoms with E-state index in [-0.39, 0.29) is 10.6 Å². The molecule has 0 aliphatic rings. The summed E-state index contributed by atoms with van der Waals surface area (Å²) in [7, 11) is -3.83. The van der Waals surface area contributed by atoms with Gasteiger partial charge in [0, 0.05) is 4.90 Å². The summed E-state index contributed by atoms with van der Waals surface area (Å²) in [5.41, 5.74) is 0.812. The van der Waals surface area contributed by atoms with Crippen molar-refractivity contribution in [2.24, 2.45) is 0 Å². The quantitative estimate of drug-likeness (QED) is 0.743. The number of alkyl halides is 3. The summed E-state index contributed by atoms with van der Waals surface area (Å²) in [5.74, 6) is -1.09. The number of benzene rings is 2. The number of hydrogen-bond donors (Lipinski definition) is 1. The monoisotopic (exact) mass is 373 g/mol. The van der Waals surface area contributed by atoms with Crippen LogP contribution in [0.15, 0.2) is 64.9 Å². The van der Waals surface area contributed by atoms with Crippen LogP contribution in [0.4, 0.5) is 18.9 Å². The Kier molecular flexibility index (Phi) is 5.95. The molecule has 2 aromatic carbocycles. The van der Waals surface area contributed by atoms with Crippen LogP contribution in [0.2, 0.25) is 0 Å². The molecule has 0 atom stereocenters. The van der Waals surface area contributed by atoms with Crippen LogP contribution in [0.5, 0.6) is 0 Å². The van der Waals surface area contributed by atoms with Gasteiger partial charge in [0.15, 0.2) is 0 Å². The summed E-state index contributed by atoms with van der Waals surface area (Å²) in [6, 6.07) is 14.8. The van der Waals surface area contributed by atoms with Gasteiger partial charge < -0.3 is 0 Å². The molecule has 0 unspecified atom stereocenters. The van der Waals surface area contributed by atoms with Crippen LogP contribution in [-0.2, 0) is 10.0 Å². The van der Waals surface area contributed by atoms with Crippen LogP contribution in [0.1, 0.15) is 5.56 Å². The van der Waals surface area contributed by atoms with Gasteiger partial charge >= 0.3 is 6.18 Å². The zero-order chi connectivity index (χ0) is 17.6. The number of para-hydroxylation sites is 1. The second-order valence-corrected chi connectivity index (χ2v) is 7.34. The highest BCUT2D eigenvalue weighted by Crippen LogP contribution is 2.32. The second kappa shape index (κ2) is 7.76. The second-order valence-electron chi connectivity index (χ2n) is 4.76. The predicted molar refractivity (Wildman–Crippen MR) is 91.2 cm³/mol. The highest BCUT2D eigenvalue weighted by molar-refractivity contribution is 7.99. The van der Waals surface area contributed by atoms with E-state index in [1.165, 1.54) is 18.2 Å². The Morgan fingerprint density at radius 2 is 1.62 bits per heavy atom. The third-order valence-electron chi connectivity index (χ3n) is 2.77. The van der Waals surface area contributed by atoms with Crippen molar-refractivity contribution in [1.82, 2.24) is 0 Å². The Balaban J connectivity index is 2.13. The van der Waals surface area contributed by atoms with Crippen LogP contribution >= 0.6 is 11.8 Å². The summed E-state index contributed by atoms with van der Waals surface area (Å²) in [5, 5.41) is 0.980. The van der Waals surface area contributed by atoms with Gasteiger partial charge in [-0.05, 0) is 23.8 Å². The van der Waals surface area contributed by atoms with Crippen molar-refractivity contribution in [2.45, 2.75) is 11.1 Å². The molecular weight excluding hydrogens is 359 g/mol. The van der Waals surface area contributed by atoms with Gasteiger partial charge in [-0.3, -0.25) is 4.72 Å². The Hall–Kier alpha value is -1.93. The lowest BCUT2D eigenvalue weighted by atomic mass is 10.2. The number of halogens is 3. The molecule has 0 saturated carbocycles. The average Bonchev–Trinajstić information content (AvgIpc) is 2.52. The van der Waals surface area contributed by atoms with E-state index in [0.29, 0.717) is 17.3 Å². The van der Waals surface area contributed by atoms with E-state index < -0.39 is 22.0 Å². The molecule has 0 aliphatic heterocycles. The molecule has 0 saturated heterocycles. The van der Waals surface area contributed by atoms with Crippen LogP contribution in [-0.4, -0.2) is 20.3 Å². The summed E-state index contributed by atoms with van der Waals surface area (Å²) >= 11 is 0.533. The Morgan fingerprint density at radius 1 is 1.00 bits per heavy atom. The highest BCUT2D eigenvalue weighted by atomic mass is 32.2. The van der Waals surface area contributed by atoms with Crippen LogP contribution in [0, 0.1) is 0 Å². The minimum atomic E-state index is -4.33. The number of anilines is 1. The van der Waals surface area contributed by atoms with E-state index in [0.717, 1.165) is 5.41 Å². The lowest BCUT2D eigenvalue weighted by Gasteiger charge is -2.11. The number of hydrogen-bond acceptors (Lipinski definition) is 3. The van der Waals surface area contributed by atoms with Crippen molar-refractivity contribution in [3.8, 4) is 0 Å². The summed E-state index contributed by atoms with van der Waals surface area (Å²) < 4.78 is 63.5. The van der Waals surface area contributed by atoms with Gasteiger partial charge in [-0.25, -0.2) is 8.42 Å². The molecular formula is C16H14F3NO2S2. The minimum absolute atomic E-state index is 0.115. The maximum absolute atomic E-state index is 12.3. The molecule has 1 N–H and O–H groups in total. The van der Waals surface area contributed by atoms with Crippen molar-refractivity contribution in [3.05, 3.63) is 65.6 Å². The number of thioether (sulfide) groups is 1. The first-order valence-corrected chi connectivity index (χ1v) is 9.33. The summed E-state index contributed by atoms with van der Waals surface area (Å²) in [6.07, 6.45) is -2.92. The van der Waals surface area contributed by atoms with Crippen LogP contribution in [0.3, 0.4) is 0 Å². The van der Waals surface area contributed by atoms with Gasteiger partial charge in [0.1, 0.15) is 0 Å². The lowest BCUT2D eigenvalue weighted by Crippen LogP contribution is -2.12. The van der Waals surface area contributed by atoms with E-state index in [4.69, 9.17) is 0 Å². The van der Waals surface area contributed by atoms with E-state index in [1.54, 1.807) is 42.5 Å². The molecule has 128 valence electrons. The number of rotatable bonds is 6. The Labute approximate surface area is 142 Å². The fourth-order valence-corrected chi connectivity index (χ4v) is 3.48. The van der Waals surface area contributed by atoms with Crippen molar-refractivity contribution in [3.63, 3.8) is 0 Å². The molecule has 0 amide bonds. The van der Waals surface area contributed by atoms with Crippen LogP contribution < -0.4 is 4.72 Å². The Morgan fingerprint density at radius 3 is 2.29 bits per heavy atom.